The Morgan fingerprint density at radius 2 is 1.60 bits per heavy atom. The second-order valence-corrected chi connectivity index (χ2v) is 9.46. The van der Waals surface area contributed by atoms with Crippen molar-refractivity contribution in [2.75, 3.05) is 19.7 Å². The van der Waals surface area contributed by atoms with Crippen LogP contribution in [0.5, 0.6) is 0 Å². The van der Waals surface area contributed by atoms with Crippen molar-refractivity contribution in [1.29, 1.82) is 0 Å². The molecule has 4 nitrogen and oxygen atoms in total. The number of carbonyl (C=O) groups is 1. The van der Waals surface area contributed by atoms with Crippen LogP contribution in [-0.2, 0) is 9.53 Å². The quantitative estimate of drug-likeness (QED) is 0.433. The Labute approximate surface area is 180 Å². The van der Waals surface area contributed by atoms with Crippen LogP contribution in [0.2, 0.25) is 0 Å². The zero-order valence-corrected chi connectivity index (χ0v) is 18.5. The molecule has 0 heterocycles. The lowest BCUT2D eigenvalue weighted by Crippen LogP contribution is -2.27. The van der Waals surface area contributed by atoms with Crippen molar-refractivity contribution >= 4 is 5.97 Å². The molecule has 0 aromatic heterocycles. The highest BCUT2D eigenvalue weighted by atomic mass is 16.5. The minimum Gasteiger partial charge on any atom is -0.463 e. The molecule has 0 saturated carbocycles. The van der Waals surface area contributed by atoms with Crippen LogP contribution < -0.4 is 5.32 Å². The SMILES string of the molecule is CC(C)(C)CNCCCCCC(O)C(=O)OCC1c2ccccc2-c2ccccc21. The van der Waals surface area contributed by atoms with Crippen molar-refractivity contribution < 1.29 is 14.6 Å². The summed E-state index contributed by atoms with van der Waals surface area (Å²) >= 11 is 0. The van der Waals surface area contributed by atoms with Gasteiger partial charge in [-0.05, 0) is 53.6 Å². The molecule has 0 aliphatic heterocycles. The second kappa shape index (κ2) is 10.2. The van der Waals surface area contributed by atoms with Gasteiger partial charge >= 0.3 is 5.97 Å². The summed E-state index contributed by atoms with van der Waals surface area (Å²) in [5, 5.41) is 13.7. The van der Waals surface area contributed by atoms with Crippen molar-refractivity contribution in [2.24, 2.45) is 5.41 Å². The van der Waals surface area contributed by atoms with Crippen LogP contribution in [0.3, 0.4) is 0 Å². The Balaban J connectivity index is 1.41. The molecule has 2 aromatic carbocycles. The number of unbranched alkanes of at least 4 members (excludes halogenated alkanes) is 2. The van der Waals surface area contributed by atoms with Gasteiger partial charge in [-0.2, -0.15) is 0 Å². The molecule has 0 radical (unpaired) electrons. The molecule has 1 atom stereocenters. The highest BCUT2D eigenvalue weighted by Gasteiger charge is 2.29. The van der Waals surface area contributed by atoms with Crippen molar-refractivity contribution in [3.63, 3.8) is 0 Å². The molecule has 162 valence electrons. The first kappa shape index (κ1) is 22.5. The molecule has 2 aromatic rings. The largest absolute Gasteiger partial charge is 0.463 e. The van der Waals surface area contributed by atoms with E-state index >= 15 is 0 Å². The summed E-state index contributed by atoms with van der Waals surface area (Å²) in [6, 6.07) is 16.5. The molecular weight excluding hydrogens is 374 g/mol. The molecule has 0 fully saturated rings. The van der Waals surface area contributed by atoms with E-state index in [1.54, 1.807) is 0 Å². The van der Waals surface area contributed by atoms with E-state index in [0.29, 0.717) is 11.8 Å². The molecule has 0 amide bonds. The number of hydrogen-bond donors (Lipinski definition) is 2. The number of aliphatic hydroxyl groups is 1. The molecule has 0 saturated heterocycles. The predicted octanol–water partition coefficient (Wildman–Crippen LogP) is 4.90. The third-order valence-corrected chi connectivity index (χ3v) is 5.61. The first-order chi connectivity index (χ1) is 14.4. The van der Waals surface area contributed by atoms with E-state index in [4.69, 9.17) is 4.74 Å². The Hall–Kier alpha value is -2.17. The van der Waals surface area contributed by atoms with E-state index in [0.717, 1.165) is 32.4 Å². The molecule has 1 unspecified atom stereocenters. The third-order valence-electron chi connectivity index (χ3n) is 5.61. The summed E-state index contributed by atoms with van der Waals surface area (Å²) in [5.41, 5.74) is 5.07. The van der Waals surface area contributed by atoms with Crippen molar-refractivity contribution in [1.82, 2.24) is 5.32 Å². The highest BCUT2D eigenvalue weighted by Crippen LogP contribution is 2.44. The van der Waals surface area contributed by atoms with Gasteiger partial charge in [0.1, 0.15) is 6.61 Å². The third kappa shape index (κ3) is 5.93. The smallest absolute Gasteiger partial charge is 0.334 e. The lowest BCUT2D eigenvalue weighted by molar-refractivity contribution is -0.154. The summed E-state index contributed by atoms with van der Waals surface area (Å²) in [6.07, 6.45) is 2.27. The van der Waals surface area contributed by atoms with Gasteiger partial charge in [-0.1, -0.05) is 82.1 Å². The van der Waals surface area contributed by atoms with E-state index < -0.39 is 12.1 Å². The molecule has 30 heavy (non-hydrogen) atoms. The van der Waals surface area contributed by atoms with Crippen LogP contribution in [0.1, 0.15) is 63.5 Å². The normalized spacial score (nSPS) is 14.3. The maximum Gasteiger partial charge on any atom is 0.334 e. The number of esters is 1. The highest BCUT2D eigenvalue weighted by molar-refractivity contribution is 5.79. The Bertz CT molecular complexity index is 795. The number of rotatable bonds is 10. The molecular formula is C26H35NO3. The molecule has 4 heteroatoms. The fraction of sp³-hybridized carbons (Fsp3) is 0.500. The van der Waals surface area contributed by atoms with Crippen molar-refractivity contribution in [2.45, 2.75) is 58.5 Å². The molecule has 0 bridgehead atoms. The summed E-state index contributed by atoms with van der Waals surface area (Å²) in [6.45, 7) is 8.87. The van der Waals surface area contributed by atoms with E-state index in [2.05, 4.69) is 50.4 Å². The topological polar surface area (TPSA) is 58.6 Å². The van der Waals surface area contributed by atoms with Gasteiger partial charge in [0.05, 0.1) is 0 Å². The summed E-state index contributed by atoms with van der Waals surface area (Å²) < 4.78 is 5.53. The van der Waals surface area contributed by atoms with Crippen molar-refractivity contribution in [3.8, 4) is 11.1 Å². The van der Waals surface area contributed by atoms with Gasteiger partial charge in [-0.3, -0.25) is 0 Å². The minimum atomic E-state index is -1.04. The lowest BCUT2D eigenvalue weighted by atomic mass is 9.97. The maximum atomic E-state index is 12.3. The zero-order valence-electron chi connectivity index (χ0n) is 18.5. The van der Waals surface area contributed by atoms with E-state index in [1.165, 1.54) is 22.3 Å². The second-order valence-electron chi connectivity index (χ2n) is 9.46. The van der Waals surface area contributed by atoms with Gasteiger partial charge in [0, 0.05) is 5.92 Å². The van der Waals surface area contributed by atoms with Crippen LogP contribution in [0, 0.1) is 5.41 Å². The molecule has 3 rings (SSSR count). The number of nitrogens with one attached hydrogen (secondary N) is 1. The molecule has 2 N–H and O–H groups in total. The van der Waals surface area contributed by atoms with Crippen LogP contribution in [0.25, 0.3) is 11.1 Å². The number of carbonyl (C=O) groups excluding carboxylic acids is 1. The standard InChI is InChI=1S/C26H35NO3/c1-26(2,3)18-27-16-10-4-5-15-24(28)25(29)30-17-23-21-13-8-6-11-19(21)20-12-7-9-14-22(20)23/h6-9,11-14,23-24,27-28H,4-5,10,15-18H2,1-3H3. The van der Waals surface area contributed by atoms with Gasteiger partial charge in [0.2, 0.25) is 0 Å². The van der Waals surface area contributed by atoms with Crippen LogP contribution >= 0.6 is 0 Å². The Morgan fingerprint density at radius 3 is 2.20 bits per heavy atom. The van der Waals surface area contributed by atoms with Crippen LogP contribution in [0.4, 0.5) is 0 Å². The molecule has 1 aliphatic carbocycles. The average Bonchev–Trinajstić information content (AvgIpc) is 3.04. The van der Waals surface area contributed by atoms with Gasteiger partial charge in [-0.15, -0.1) is 0 Å². The first-order valence-electron chi connectivity index (χ1n) is 11.1. The Morgan fingerprint density at radius 1 is 1.00 bits per heavy atom. The minimum absolute atomic E-state index is 0.0300. The van der Waals surface area contributed by atoms with Gasteiger partial charge < -0.3 is 15.2 Å². The monoisotopic (exact) mass is 409 g/mol. The summed E-state index contributed by atoms with van der Waals surface area (Å²) in [7, 11) is 0. The maximum absolute atomic E-state index is 12.3. The number of aliphatic hydroxyl groups excluding tert-OH is 1. The molecule has 0 spiro atoms. The van der Waals surface area contributed by atoms with Gasteiger partial charge in [0.25, 0.3) is 0 Å². The average molecular weight is 410 g/mol. The lowest BCUT2D eigenvalue weighted by Gasteiger charge is -2.18. The fourth-order valence-electron chi connectivity index (χ4n) is 4.05. The van der Waals surface area contributed by atoms with Crippen molar-refractivity contribution in [3.05, 3.63) is 59.7 Å². The first-order valence-corrected chi connectivity index (χ1v) is 11.1. The van der Waals surface area contributed by atoms with Gasteiger partial charge in [0.15, 0.2) is 6.10 Å². The number of fused-ring (bicyclic) bond motifs is 3. The van der Waals surface area contributed by atoms with Gasteiger partial charge in [-0.25, -0.2) is 4.79 Å². The van der Waals surface area contributed by atoms with Crippen LogP contribution in [0.15, 0.2) is 48.5 Å². The fourth-order valence-corrected chi connectivity index (χ4v) is 4.05. The molecule has 1 aliphatic rings. The Kier molecular flexibility index (Phi) is 7.68. The summed E-state index contributed by atoms with van der Waals surface area (Å²) in [4.78, 5) is 12.3. The summed E-state index contributed by atoms with van der Waals surface area (Å²) in [5.74, 6) is -0.481. The number of benzene rings is 2. The predicted molar refractivity (Wildman–Crippen MR) is 121 cm³/mol. The number of ether oxygens (including phenoxy) is 1. The van der Waals surface area contributed by atoms with E-state index in [-0.39, 0.29) is 12.5 Å². The zero-order chi connectivity index (χ0) is 21.6. The van der Waals surface area contributed by atoms with Crippen LogP contribution in [-0.4, -0.2) is 36.9 Å². The van der Waals surface area contributed by atoms with E-state index in [1.807, 2.05) is 24.3 Å². The van der Waals surface area contributed by atoms with E-state index in [9.17, 15) is 9.90 Å². The number of hydrogen-bond acceptors (Lipinski definition) is 4.